The van der Waals surface area contributed by atoms with Crippen molar-refractivity contribution < 1.29 is 14.5 Å². The number of nitro groups is 1. The number of nitro benzene ring substituents is 1. The van der Waals surface area contributed by atoms with Gasteiger partial charge in [-0.1, -0.05) is 11.5 Å². The van der Waals surface area contributed by atoms with E-state index in [1.165, 1.54) is 19.1 Å². The van der Waals surface area contributed by atoms with Crippen LogP contribution in [0.3, 0.4) is 0 Å². The molecule has 0 aromatic heterocycles. The van der Waals surface area contributed by atoms with Crippen molar-refractivity contribution in [2.24, 2.45) is 0 Å². The van der Waals surface area contributed by atoms with E-state index in [0.29, 0.717) is 5.56 Å². The van der Waals surface area contributed by atoms with Gasteiger partial charge in [0.15, 0.2) is 0 Å². The van der Waals surface area contributed by atoms with Crippen LogP contribution in [0.1, 0.15) is 12.5 Å². The van der Waals surface area contributed by atoms with Crippen LogP contribution in [0.2, 0.25) is 0 Å². The molecule has 0 saturated heterocycles. The molecule has 0 unspecified atom stereocenters. The second kappa shape index (κ2) is 4.59. The highest BCUT2D eigenvalue weighted by Crippen LogP contribution is 2.11. The molecule has 15 heavy (non-hydrogen) atoms. The number of rotatable bonds is 3. The van der Waals surface area contributed by atoms with Crippen molar-refractivity contribution in [1.82, 2.24) is 0 Å². The van der Waals surface area contributed by atoms with Crippen LogP contribution in [-0.2, 0) is 16.1 Å². The summed E-state index contributed by atoms with van der Waals surface area (Å²) in [4.78, 5) is 20.6. The van der Waals surface area contributed by atoms with Gasteiger partial charge in [0.25, 0.3) is 5.69 Å². The summed E-state index contributed by atoms with van der Waals surface area (Å²) in [5.74, 6) is -0.402. The van der Waals surface area contributed by atoms with Gasteiger partial charge >= 0.3 is 5.97 Å². The summed E-state index contributed by atoms with van der Waals surface area (Å²) >= 11 is 0. The number of nitrogens with zero attached hydrogens (tertiary/aromatic N) is 1. The molecule has 5 nitrogen and oxygen atoms in total. The zero-order valence-corrected chi connectivity index (χ0v) is 8.52. The quantitative estimate of drug-likeness (QED) is 0.300. The molecule has 1 aromatic rings. The molecule has 6 heteroatoms. The van der Waals surface area contributed by atoms with Crippen molar-refractivity contribution in [3.05, 3.63) is 33.9 Å². The van der Waals surface area contributed by atoms with E-state index in [2.05, 4.69) is 0 Å². The number of hydrogen-bond donors (Lipinski definition) is 0. The minimum Gasteiger partial charge on any atom is -0.461 e. The molecule has 0 fully saturated rings. The molecule has 78 valence electrons. The second-order valence-corrected chi connectivity index (χ2v) is 3.15. The molecule has 0 bridgehead atoms. The lowest BCUT2D eigenvalue weighted by Crippen LogP contribution is -2.13. The van der Waals surface area contributed by atoms with E-state index in [1.807, 2.05) is 7.85 Å². The third-order valence-electron chi connectivity index (χ3n) is 1.97. The van der Waals surface area contributed by atoms with Gasteiger partial charge in [-0.15, -0.1) is 0 Å². The van der Waals surface area contributed by atoms with Crippen LogP contribution in [0.5, 0.6) is 0 Å². The molecule has 1 aromatic carbocycles. The summed E-state index contributed by atoms with van der Waals surface area (Å²) in [6.07, 6.45) is 0. The Balaban J connectivity index is 2.90. The highest BCUT2D eigenvalue weighted by Gasteiger charge is 2.09. The lowest BCUT2D eigenvalue weighted by atomic mass is 9.90. The van der Waals surface area contributed by atoms with Crippen molar-refractivity contribution in [2.75, 3.05) is 0 Å². The van der Waals surface area contributed by atoms with E-state index in [9.17, 15) is 14.9 Å². The first-order valence-electron chi connectivity index (χ1n) is 4.38. The number of ether oxygens (including phenoxy) is 1. The lowest BCUT2D eigenvalue weighted by molar-refractivity contribution is -0.384. The van der Waals surface area contributed by atoms with Crippen molar-refractivity contribution >= 4 is 25.0 Å². The van der Waals surface area contributed by atoms with Gasteiger partial charge < -0.3 is 4.74 Å². The first-order chi connectivity index (χ1) is 7.00. The molecule has 0 spiro atoms. The Hall–Kier alpha value is -1.85. The molecule has 0 radical (unpaired) electrons. The summed E-state index contributed by atoms with van der Waals surface area (Å²) in [6, 6.07) is 4.47. The number of carbonyl (C=O) groups is 1. The highest BCUT2D eigenvalue weighted by molar-refractivity contribution is 6.33. The van der Waals surface area contributed by atoms with Crippen LogP contribution >= 0.6 is 0 Å². The molecular formula is C9H10BNO4. The zero-order chi connectivity index (χ0) is 11.4. The van der Waals surface area contributed by atoms with Gasteiger partial charge in [0.05, 0.1) is 4.92 Å². The number of hydrogen-bond acceptors (Lipinski definition) is 4. The van der Waals surface area contributed by atoms with Crippen molar-refractivity contribution in [1.29, 1.82) is 0 Å². The molecule has 0 amide bonds. The van der Waals surface area contributed by atoms with Gasteiger partial charge in [0, 0.05) is 19.1 Å². The van der Waals surface area contributed by atoms with Crippen molar-refractivity contribution in [3.63, 3.8) is 0 Å². The maximum atomic E-state index is 10.6. The Morgan fingerprint density at radius 3 is 2.80 bits per heavy atom. The SMILES string of the molecule is Bc1ccc([N+](=O)[O-])cc1COC(C)=O. The number of esters is 1. The molecule has 0 saturated carbocycles. The maximum absolute atomic E-state index is 10.6. The van der Waals surface area contributed by atoms with Gasteiger partial charge in [0.2, 0.25) is 0 Å². The van der Waals surface area contributed by atoms with Crippen molar-refractivity contribution in [2.45, 2.75) is 13.5 Å². The third-order valence-corrected chi connectivity index (χ3v) is 1.97. The lowest BCUT2D eigenvalue weighted by Gasteiger charge is -2.05. The first kappa shape index (κ1) is 11.2. The predicted octanol–water partition coefficient (Wildman–Crippen LogP) is -0.0837. The topological polar surface area (TPSA) is 69.4 Å². The number of non-ortho nitro benzene ring substituents is 1. The smallest absolute Gasteiger partial charge is 0.302 e. The van der Waals surface area contributed by atoms with E-state index in [-0.39, 0.29) is 12.3 Å². The van der Waals surface area contributed by atoms with Gasteiger partial charge in [-0.05, 0) is 5.56 Å². The molecule has 0 heterocycles. The summed E-state index contributed by atoms with van der Waals surface area (Å²) in [5.41, 5.74) is 1.52. The number of carbonyl (C=O) groups excluding carboxylic acids is 1. The Bertz CT molecular complexity index is 405. The molecule has 0 N–H and O–H groups in total. The van der Waals surface area contributed by atoms with Gasteiger partial charge in [-0.3, -0.25) is 14.9 Å². The predicted molar refractivity (Wildman–Crippen MR) is 56.7 cm³/mol. The first-order valence-corrected chi connectivity index (χ1v) is 4.38. The number of benzene rings is 1. The van der Waals surface area contributed by atoms with Crippen LogP contribution in [0.25, 0.3) is 0 Å². The fourth-order valence-corrected chi connectivity index (χ4v) is 1.11. The Morgan fingerprint density at radius 2 is 2.27 bits per heavy atom. The monoisotopic (exact) mass is 207 g/mol. The molecule has 0 aliphatic carbocycles. The molecular weight excluding hydrogens is 197 g/mol. The van der Waals surface area contributed by atoms with Crippen LogP contribution < -0.4 is 5.46 Å². The normalized spacial score (nSPS) is 9.67. The minimum atomic E-state index is -0.475. The van der Waals surface area contributed by atoms with Gasteiger partial charge in [-0.2, -0.15) is 0 Å². The summed E-state index contributed by atoms with van der Waals surface area (Å²) < 4.78 is 4.78. The largest absolute Gasteiger partial charge is 0.461 e. The maximum Gasteiger partial charge on any atom is 0.302 e. The van der Waals surface area contributed by atoms with Crippen LogP contribution in [0.4, 0.5) is 5.69 Å². The van der Waals surface area contributed by atoms with Crippen LogP contribution in [0, 0.1) is 10.1 Å². The fourth-order valence-electron chi connectivity index (χ4n) is 1.11. The minimum absolute atomic E-state index is 0.00255. The van der Waals surface area contributed by atoms with Gasteiger partial charge in [-0.25, -0.2) is 0 Å². The molecule has 0 atom stereocenters. The summed E-state index contributed by atoms with van der Waals surface area (Å²) in [6.45, 7) is 1.37. The van der Waals surface area contributed by atoms with E-state index in [0.717, 1.165) is 5.46 Å². The average molecular weight is 207 g/mol. The van der Waals surface area contributed by atoms with Crippen molar-refractivity contribution in [3.8, 4) is 0 Å². The average Bonchev–Trinajstić information content (AvgIpc) is 2.16. The zero-order valence-electron chi connectivity index (χ0n) is 8.52. The van der Waals surface area contributed by atoms with Gasteiger partial charge in [0.1, 0.15) is 14.5 Å². The van der Waals surface area contributed by atoms with E-state index in [1.54, 1.807) is 6.07 Å². The van der Waals surface area contributed by atoms with Crippen LogP contribution in [0.15, 0.2) is 18.2 Å². The molecule has 0 aliphatic rings. The second-order valence-electron chi connectivity index (χ2n) is 3.15. The Labute approximate surface area is 87.6 Å². The highest BCUT2D eigenvalue weighted by atomic mass is 16.6. The summed E-state index contributed by atoms with van der Waals surface area (Å²) in [5, 5.41) is 10.5. The summed E-state index contributed by atoms with van der Waals surface area (Å²) in [7, 11) is 1.81. The molecule has 1 rings (SSSR count). The molecule has 0 aliphatic heterocycles. The fraction of sp³-hybridized carbons (Fsp3) is 0.222. The standard InChI is InChI=1S/C9H10BNO4/c1-6(12)15-5-7-4-8(11(13)14)2-3-9(7)10/h2-4H,5,10H2,1H3. The third kappa shape index (κ3) is 3.09. The van der Waals surface area contributed by atoms with E-state index < -0.39 is 10.9 Å². The Morgan fingerprint density at radius 1 is 1.60 bits per heavy atom. The van der Waals surface area contributed by atoms with Crippen LogP contribution in [-0.4, -0.2) is 18.7 Å². The Kier molecular flexibility index (Phi) is 3.44. The van der Waals surface area contributed by atoms with E-state index in [4.69, 9.17) is 4.74 Å². The van der Waals surface area contributed by atoms with E-state index >= 15 is 0 Å².